The number of carbonyl (C=O) groups excluding carboxylic acids is 1. The first-order valence-electron chi connectivity index (χ1n) is 5.62. The predicted molar refractivity (Wildman–Crippen MR) is 61.3 cm³/mol. The van der Waals surface area contributed by atoms with Crippen molar-refractivity contribution < 1.29 is 14.3 Å². The lowest BCUT2D eigenvalue weighted by atomic mass is 9.89. The second-order valence-electron chi connectivity index (χ2n) is 4.83. The quantitative estimate of drug-likeness (QED) is 0.634. The van der Waals surface area contributed by atoms with Crippen LogP contribution in [0.2, 0.25) is 0 Å². The third-order valence-electron chi connectivity index (χ3n) is 2.56. The fourth-order valence-corrected chi connectivity index (χ4v) is 1.65. The SMILES string of the molecule is COCC(C)NC(=O)CNCC1(C)COC1. The Morgan fingerprint density at radius 3 is 2.75 bits per heavy atom. The number of rotatable bonds is 7. The average Bonchev–Trinajstić information content (AvgIpc) is 2.15. The van der Waals surface area contributed by atoms with Gasteiger partial charge in [0.2, 0.25) is 5.91 Å². The van der Waals surface area contributed by atoms with Crippen LogP contribution in [0.15, 0.2) is 0 Å². The van der Waals surface area contributed by atoms with E-state index in [2.05, 4.69) is 17.6 Å². The first kappa shape index (κ1) is 13.4. The van der Waals surface area contributed by atoms with Gasteiger partial charge in [-0.05, 0) is 6.92 Å². The van der Waals surface area contributed by atoms with Crippen molar-refractivity contribution in [3.63, 3.8) is 0 Å². The summed E-state index contributed by atoms with van der Waals surface area (Å²) in [7, 11) is 1.62. The molecule has 1 unspecified atom stereocenters. The van der Waals surface area contributed by atoms with E-state index in [0.717, 1.165) is 19.8 Å². The standard InChI is InChI=1S/C11H22N2O3/c1-9(5-15-3)13-10(14)4-12-6-11(2)7-16-8-11/h9,12H,4-8H2,1-3H3,(H,13,14). The van der Waals surface area contributed by atoms with Gasteiger partial charge in [0.1, 0.15) is 0 Å². The van der Waals surface area contributed by atoms with Crippen LogP contribution in [0.1, 0.15) is 13.8 Å². The number of nitrogens with one attached hydrogen (secondary N) is 2. The summed E-state index contributed by atoms with van der Waals surface area (Å²) in [6.07, 6.45) is 0. The van der Waals surface area contributed by atoms with Crippen molar-refractivity contribution in [2.45, 2.75) is 19.9 Å². The molecule has 16 heavy (non-hydrogen) atoms. The van der Waals surface area contributed by atoms with Gasteiger partial charge >= 0.3 is 0 Å². The zero-order valence-corrected chi connectivity index (χ0v) is 10.3. The molecule has 0 saturated carbocycles. The Morgan fingerprint density at radius 2 is 2.25 bits per heavy atom. The highest BCUT2D eigenvalue weighted by Crippen LogP contribution is 2.24. The molecule has 1 atom stereocenters. The van der Waals surface area contributed by atoms with Crippen molar-refractivity contribution in [2.24, 2.45) is 5.41 Å². The number of hydrogen-bond acceptors (Lipinski definition) is 4. The van der Waals surface area contributed by atoms with Gasteiger partial charge < -0.3 is 20.1 Å². The molecule has 0 aromatic carbocycles. The monoisotopic (exact) mass is 230 g/mol. The molecule has 1 heterocycles. The molecule has 0 bridgehead atoms. The Bertz CT molecular complexity index is 229. The smallest absolute Gasteiger partial charge is 0.234 e. The topological polar surface area (TPSA) is 59.6 Å². The molecule has 0 aromatic heterocycles. The van der Waals surface area contributed by atoms with Gasteiger partial charge in [0, 0.05) is 25.1 Å². The molecule has 0 spiro atoms. The Balaban J connectivity index is 2.05. The minimum Gasteiger partial charge on any atom is -0.383 e. The second-order valence-corrected chi connectivity index (χ2v) is 4.83. The Labute approximate surface area is 96.9 Å². The molecule has 1 fully saturated rings. The predicted octanol–water partition coefficient (Wildman–Crippen LogP) is -0.236. The highest BCUT2D eigenvalue weighted by Gasteiger charge is 2.32. The van der Waals surface area contributed by atoms with Crippen LogP contribution in [0.3, 0.4) is 0 Å². The van der Waals surface area contributed by atoms with Gasteiger partial charge in [-0.2, -0.15) is 0 Å². The molecule has 0 aliphatic carbocycles. The average molecular weight is 230 g/mol. The normalized spacial score (nSPS) is 19.9. The maximum atomic E-state index is 11.5. The first-order chi connectivity index (χ1) is 7.56. The zero-order chi connectivity index (χ0) is 12.0. The van der Waals surface area contributed by atoms with Crippen molar-refractivity contribution in [2.75, 3.05) is 40.0 Å². The van der Waals surface area contributed by atoms with Crippen LogP contribution in [0.25, 0.3) is 0 Å². The molecular weight excluding hydrogens is 208 g/mol. The van der Waals surface area contributed by atoms with Crippen LogP contribution in [0, 0.1) is 5.41 Å². The van der Waals surface area contributed by atoms with Crippen LogP contribution in [-0.4, -0.2) is 52.0 Å². The molecule has 0 radical (unpaired) electrons. The Kier molecular flexibility index (Phi) is 5.18. The maximum Gasteiger partial charge on any atom is 0.234 e. The van der Waals surface area contributed by atoms with Gasteiger partial charge in [0.15, 0.2) is 0 Å². The van der Waals surface area contributed by atoms with Crippen LogP contribution in [0.5, 0.6) is 0 Å². The van der Waals surface area contributed by atoms with Gasteiger partial charge in [-0.3, -0.25) is 4.79 Å². The second kappa shape index (κ2) is 6.18. The van der Waals surface area contributed by atoms with Crippen molar-refractivity contribution in [1.29, 1.82) is 0 Å². The molecule has 5 nitrogen and oxygen atoms in total. The van der Waals surface area contributed by atoms with Crippen molar-refractivity contribution in [3.05, 3.63) is 0 Å². The number of ether oxygens (including phenoxy) is 2. The van der Waals surface area contributed by atoms with Crippen LogP contribution < -0.4 is 10.6 Å². The fourth-order valence-electron chi connectivity index (χ4n) is 1.65. The summed E-state index contributed by atoms with van der Waals surface area (Å²) in [5.74, 6) is 0.00777. The lowest BCUT2D eigenvalue weighted by molar-refractivity contribution is -0.122. The van der Waals surface area contributed by atoms with Crippen LogP contribution >= 0.6 is 0 Å². The largest absolute Gasteiger partial charge is 0.383 e. The lowest BCUT2D eigenvalue weighted by Crippen LogP contribution is -2.49. The highest BCUT2D eigenvalue weighted by molar-refractivity contribution is 5.78. The van der Waals surface area contributed by atoms with Crippen molar-refractivity contribution in [1.82, 2.24) is 10.6 Å². The molecule has 0 aromatic rings. The summed E-state index contributed by atoms with van der Waals surface area (Å²) in [6, 6.07) is 0.0573. The van der Waals surface area contributed by atoms with Crippen molar-refractivity contribution >= 4 is 5.91 Å². The minimum absolute atomic E-state index is 0.00777. The van der Waals surface area contributed by atoms with Gasteiger partial charge in [0.25, 0.3) is 0 Å². The number of carbonyl (C=O) groups is 1. The maximum absolute atomic E-state index is 11.5. The minimum atomic E-state index is 0.00777. The molecule has 94 valence electrons. The van der Waals surface area contributed by atoms with E-state index in [9.17, 15) is 4.79 Å². The summed E-state index contributed by atoms with van der Waals surface area (Å²) in [6.45, 7) is 7.33. The fraction of sp³-hybridized carbons (Fsp3) is 0.909. The van der Waals surface area contributed by atoms with E-state index in [4.69, 9.17) is 9.47 Å². The van der Waals surface area contributed by atoms with Gasteiger partial charge in [-0.1, -0.05) is 6.92 Å². The zero-order valence-electron chi connectivity index (χ0n) is 10.3. The molecule has 1 saturated heterocycles. The van der Waals surface area contributed by atoms with E-state index in [-0.39, 0.29) is 17.4 Å². The van der Waals surface area contributed by atoms with E-state index in [1.54, 1.807) is 7.11 Å². The molecule has 1 amide bonds. The Hall–Kier alpha value is -0.650. The summed E-state index contributed by atoms with van der Waals surface area (Å²) >= 11 is 0. The lowest BCUT2D eigenvalue weighted by Gasteiger charge is -2.38. The van der Waals surface area contributed by atoms with E-state index in [0.29, 0.717) is 13.2 Å². The van der Waals surface area contributed by atoms with Crippen LogP contribution in [-0.2, 0) is 14.3 Å². The van der Waals surface area contributed by atoms with E-state index in [1.165, 1.54) is 0 Å². The molecule has 5 heteroatoms. The molecule has 2 N–H and O–H groups in total. The molecule has 1 aliphatic rings. The highest BCUT2D eigenvalue weighted by atomic mass is 16.5. The summed E-state index contributed by atoms with van der Waals surface area (Å²) in [5.41, 5.74) is 0.207. The van der Waals surface area contributed by atoms with E-state index >= 15 is 0 Å². The third-order valence-corrected chi connectivity index (χ3v) is 2.56. The van der Waals surface area contributed by atoms with E-state index < -0.39 is 0 Å². The first-order valence-corrected chi connectivity index (χ1v) is 5.62. The number of methoxy groups -OCH3 is 1. The summed E-state index contributed by atoms with van der Waals surface area (Å²) in [4.78, 5) is 11.5. The summed E-state index contributed by atoms with van der Waals surface area (Å²) in [5, 5.41) is 5.99. The van der Waals surface area contributed by atoms with Crippen molar-refractivity contribution in [3.8, 4) is 0 Å². The summed E-state index contributed by atoms with van der Waals surface area (Å²) < 4.78 is 10.1. The van der Waals surface area contributed by atoms with Gasteiger partial charge in [-0.15, -0.1) is 0 Å². The molecule has 1 aliphatic heterocycles. The molecule has 1 rings (SSSR count). The third kappa shape index (κ3) is 4.47. The molecular formula is C11H22N2O3. The van der Waals surface area contributed by atoms with Gasteiger partial charge in [-0.25, -0.2) is 0 Å². The van der Waals surface area contributed by atoms with Gasteiger partial charge in [0.05, 0.1) is 26.4 Å². The van der Waals surface area contributed by atoms with Crippen LogP contribution in [0.4, 0.5) is 0 Å². The Morgan fingerprint density at radius 1 is 1.56 bits per heavy atom. The number of amides is 1. The number of hydrogen-bond donors (Lipinski definition) is 2. The van der Waals surface area contributed by atoms with E-state index in [1.807, 2.05) is 6.92 Å².